The van der Waals surface area contributed by atoms with Gasteiger partial charge in [-0.15, -0.1) is 0 Å². The standard InChI is InChI=1S/C11H14INO2/c12-7-6-11(14)15-9-8-13-10-4-2-1-3-5-10/h1-5,13H,6-9H2. The molecule has 0 amide bonds. The Kier molecular flexibility index (Phi) is 6.15. The van der Waals surface area contributed by atoms with Gasteiger partial charge in [-0.05, 0) is 12.1 Å². The second-order valence-corrected chi connectivity index (χ2v) is 4.03. The smallest absolute Gasteiger partial charge is 0.306 e. The number of carbonyl (C=O) groups is 1. The van der Waals surface area contributed by atoms with E-state index in [4.69, 9.17) is 4.74 Å². The van der Waals surface area contributed by atoms with Crippen LogP contribution in [0.3, 0.4) is 0 Å². The Hall–Kier alpha value is -0.780. The van der Waals surface area contributed by atoms with Gasteiger partial charge in [0.1, 0.15) is 6.61 Å². The molecule has 0 unspecified atom stereocenters. The van der Waals surface area contributed by atoms with Crippen LogP contribution in [0.4, 0.5) is 5.69 Å². The number of nitrogens with one attached hydrogen (secondary N) is 1. The fourth-order valence-corrected chi connectivity index (χ4v) is 1.51. The van der Waals surface area contributed by atoms with Gasteiger partial charge in [-0.1, -0.05) is 40.8 Å². The first kappa shape index (κ1) is 12.3. The van der Waals surface area contributed by atoms with Crippen LogP contribution in [0.25, 0.3) is 0 Å². The summed E-state index contributed by atoms with van der Waals surface area (Å²) in [5, 5.41) is 3.16. The molecule has 0 radical (unpaired) electrons. The third-order valence-electron chi connectivity index (χ3n) is 1.77. The van der Waals surface area contributed by atoms with Gasteiger partial charge in [0.25, 0.3) is 0 Å². The predicted molar refractivity (Wildman–Crippen MR) is 69.4 cm³/mol. The third-order valence-corrected chi connectivity index (χ3v) is 2.31. The van der Waals surface area contributed by atoms with Gasteiger partial charge < -0.3 is 10.1 Å². The molecular weight excluding hydrogens is 305 g/mol. The lowest BCUT2D eigenvalue weighted by atomic mass is 10.3. The van der Waals surface area contributed by atoms with Crippen LogP contribution < -0.4 is 5.32 Å². The molecule has 0 atom stereocenters. The van der Waals surface area contributed by atoms with Gasteiger partial charge in [-0.25, -0.2) is 0 Å². The number of carbonyl (C=O) groups excluding carboxylic acids is 1. The molecule has 0 bridgehead atoms. The Labute approximate surface area is 103 Å². The Morgan fingerprint density at radius 3 is 2.73 bits per heavy atom. The number of ether oxygens (including phenoxy) is 1. The molecule has 0 fully saturated rings. The van der Waals surface area contributed by atoms with Crippen molar-refractivity contribution in [3.05, 3.63) is 30.3 Å². The second kappa shape index (κ2) is 7.50. The normalized spacial score (nSPS) is 9.67. The number of benzene rings is 1. The Morgan fingerprint density at radius 1 is 1.33 bits per heavy atom. The molecule has 1 rings (SSSR count). The molecule has 0 aliphatic rings. The first-order chi connectivity index (χ1) is 7.33. The van der Waals surface area contributed by atoms with Crippen molar-refractivity contribution in [1.29, 1.82) is 0 Å². The van der Waals surface area contributed by atoms with E-state index in [0.717, 1.165) is 10.1 Å². The van der Waals surface area contributed by atoms with Crippen molar-refractivity contribution in [2.75, 3.05) is 22.9 Å². The number of rotatable bonds is 6. The molecule has 0 spiro atoms. The quantitative estimate of drug-likeness (QED) is 0.379. The highest BCUT2D eigenvalue weighted by Crippen LogP contribution is 2.03. The largest absolute Gasteiger partial charge is 0.464 e. The molecule has 1 aromatic carbocycles. The van der Waals surface area contributed by atoms with Gasteiger partial charge in [0.2, 0.25) is 0 Å². The highest BCUT2D eigenvalue weighted by Gasteiger charge is 1.99. The van der Waals surface area contributed by atoms with Crippen molar-refractivity contribution in [3.63, 3.8) is 0 Å². The SMILES string of the molecule is O=C(CCI)OCCNc1ccccc1. The average molecular weight is 319 g/mol. The zero-order valence-corrected chi connectivity index (χ0v) is 10.6. The van der Waals surface area contributed by atoms with Crippen LogP contribution in [0.15, 0.2) is 30.3 Å². The summed E-state index contributed by atoms with van der Waals surface area (Å²) in [6.45, 7) is 1.07. The van der Waals surface area contributed by atoms with E-state index < -0.39 is 0 Å². The van der Waals surface area contributed by atoms with Crippen LogP contribution in [0.2, 0.25) is 0 Å². The zero-order valence-electron chi connectivity index (χ0n) is 8.41. The van der Waals surface area contributed by atoms with Crippen LogP contribution in [0, 0.1) is 0 Å². The number of alkyl halides is 1. The summed E-state index contributed by atoms with van der Waals surface area (Å²) in [6.07, 6.45) is 0.492. The van der Waals surface area contributed by atoms with Gasteiger partial charge in [0.05, 0.1) is 6.42 Å². The fourth-order valence-electron chi connectivity index (χ4n) is 1.07. The fraction of sp³-hybridized carbons (Fsp3) is 0.364. The van der Waals surface area contributed by atoms with Crippen molar-refractivity contribution in [1.82, 2.24) is 0 Å². The lowest BCUT2D eigenvalue weighted by Crippen LogP contribution is -2.13. The summed E-state index contributed by atoms with van der Waals surface area (Å²) < 4.78 is 5.81. The van der Waals surface area contributed by atoms with Crippen LogP contribution in [-0.4, -0.2) is 23.5 Å². The van der Waals surface area contributed by atoms with Crippen molar-refractivity contribution >= 4 is 34.2 Å². The number of hydrogen-bond donors (Lipinski definition) is 1. The molecule has 1 N–H and O–H groups in total. The Bertz CT molecular complexity index is 290. The first-order valence-electron chi connectivity index (χ1n) is 4.83. The average Bonchev–Trinajstić information content (AvgIpc) is 2.26. The van der Waals surface area contributed by atoms with Gasteiger partial charge in [0, 0.05) is 16.7 Å². The molecule has 0 aliphatic heterocycles. The molecule has 15 heavy (non-hydrogen) atoms. The van der Waals surface area contributed by atoms with Gasteiger partial charge in [-0.3, -0.25) is 4.79 Å². The molecule has 0 aliphatic carbocycles. The van der Waals surface area contributed by atoms with Gasteiger partial charge >= 0.3 is 5.97 Å². The van der Waals surface area contributed by atoms with E-state index in [9.17, 15) is 4.79 Å². The molecule has 0 heterocycles. The Balaban J connectivity index is 2.10. The summed E-state index contributed by atoms with van der Waals surface area (Å²) >= 11 is 2.16. The Morgan fingerprint density at radius 2 is 2.07 bits per heavy atom. The maximum absolute atomic E-state index is 11.0. The number of esters is 1. The van der Waals surface area contributed by atoms with E-state index in [1.165, 1.54) is 0 Å². The second-order valence-electron chi connectivity index (χ2n) is 2.95. The van der Waals surface area contributed by atoms with E-state index in [2.05, 4.69) is 27.9 Å². The van der Waals surface area contributed by atoms with E-state index in [-0.39, 0.29) is 5.97 Å². The summed E-state index contributed by atoms with van der Waals surface area (Å²) in [5.74, 6) is -0.126. The lowest BCUT2D eigenvalue weighted by Gasteiger charge is -2.06. The van der Waals surface area contributed by atoms with Crippen LogP contribution >= 0.6 is 22.6 Å². The van der Waals surface area contributed by atoms with E-state index in [1.807, 2.05) is 30.3 Å². The predicted octanol–water partition coefficient (Wildman–Crippen LogP) is 2.47. The minimum atomic E-state index is -0.126. The summed E-state index contributed by atoms with van der Waals surface area (Å²) in [5.41, 5.74) is 1.04. The molecule has 3 nitrogen and oxygen atoms in total. The van der Waals surface area contributed by atoms with Crippen molar-refractivity contribution in [2.24, 2.45) is 0 Å². The first-order valence-corrected chi connectivity index (χ1v) is 6.36. The van der Waals surface area contributed by atoms with E-state index in [1.54, 1.807) is 0 Å². The van der Waals surface area contributed by atoms with Crippen LogP contribution in [0.1, 0.15) is 6.42 Å². The van der Waals surface area contributed by atoms with Gasteiger partial charge in [0.15, 0.2) is 0 Å². The monoisotopic (exact) mass is 319 g/mol. The topological polar surface area (TPSA) is 38.3 Å². The molecule has 4 heteroatoms. The van der Waals surface area contributed by atoms with Crippen molar-refractivity contribution in [2.45, 2.75) is 6.42 Å². The van der Waals surface area contributed by atoms with Crippen LogP contribution in [-0.2, 0) is 9.53 Å². The highest BCUT2D eigenvalue weighted by atomic mass is 127. The van der Waals surface area contributed by atoms with Crippen molar-refractivity contribution in [3.8, 4) is 0 Å². The molecule has 0 aromatic heterocycles. The van der Waals surface area contributed by atoms with E-state index >= 15 is 0 Å². The van der Waals surface area contributed by atoms with E-state index in [0.29, 0.717) is 19.6 Å². The summed E-state index contributed by atoms with van der Waals surface area (Å²) in [4.78, 5) is 11.0. The number of hydrogen-bond acceptors (Lipinski definition) is 3. The molecule has 1 aromatic rings. The maximum atomic E-state index is 11.0. The van der Waals surface area contributed by atoms with Crippen molar-refractivity contribution < 1.29 is 9.53 Å². The molecular formula is C11H14INO2. The number of para-hydroxylation sites is 1. The highest BCUT2D eigenvalue weighted by molar-refractivity contribution is 14.1. The minimum absolute atomic E-state index is 0.126. The summed E-state index contributed by atoms with van der Waals surface area (Å²) in [6, 6.07) is 9.85. The molecule has 0 saturated carbocycles. The molecule has 82 valence electrons. The summed E-state index contributed by atoms with van der Waals surface area (Å²) in [7, 11) is 0. The lowest BCUT2D eigenvalue weighted by molar-refractivity contribution is -0.142. The van der Waals surface area contributed by atoms with Crippen LogP contribution in [0.5, 0.6) is 0 Å². The number of anilines is 1. The zero-order chi connectivity index (χ0) is 10.9. The molecule has 0 saturated heterocycles. The van der Waals surface area contributed by atoms with Gasteiger partial charge in [-0.2, -0.15) is 0 Å². The third kappa shape index (κ3) is 5.61. The minimum Gasteiger partial charge on any atom is -0.464 e. The number of halogens is 1. The maximum Gasteiger partial charge on any atom is 0.306 e.